The number of amides is 1. The minimum atomic E-state index is -0.575. The molecule has 2 fully saturated rings. The number of piperidine rings is 1. The predicted octanol–water partition coefficient (Wildman–Crippen LogP) is 2.53. The zero-order valence-electron chi connectivity index (χ0n) is 14.4. The minimum Gasteiger partial charge on any atom is -0.497 e. The molecule has 1 saturated heterocycles. The molecule has 0 spiro atoms. The summed E-state index contributed by atoms with van der Waals surface area (Å²) < 4.78 is 10.7. The van der Waals surface area contributed by atoms with E-state index in [9.17, 15) is 4.79 Å². The number of likely N-dealkylation sites (tertiary alicyclic amines) is 1. The summed E-state index contributed by atoms with van der Waals surface area (Å²) in [4.78, 5) is 14.7. The van der Waals surface area contributed by atoms with Crippen LogP contribution < -0.4 is 10.5 Å². The molecule has 2 N–H and O–H groups in total. The van der Waals surface area contributed by atoms with E-state index >= 15 is 0 Å². The van der Waals surface area contributed by atoms with Crippen molar-refractivity contribution in [3.63, 3.8) is 0 Å². The van der Waals surface area contributed by atoms with Crippen LogP contribution in [0.5, 0.6) is 5.75 Å². The smallest absolute Gasteiger partial charge is 0.256 e. The Balaban J connectivity index is 0.00000208. The van der Waals surface area contributed by atoms with E-state index in [2.05, 4.69) is 0 Å². The third kappa shape index (κ3) is 3.85. The normalized spacial score (nSPS) is 20.9. The highest BCUT2D eigenvalue weighted by Gasteiger charge is 2.46. The number of halogens is 1. The van der Waals surface area contributed by atoms with Gasteiger partial charge in [-0.1, -0.05) is 12.1 Å². The van der Waals surface area contributed by atoms with E-state index in [1.54, 1.807) is 14.2 Å². The van der Waals surface area contributed by atoms with Crippen molar-refractivity contribution < 1.29 is 14.3 Å². The van der Waals surface area contributed by atoms with Gasteiger partial charge in [0.25, 0.3) is 5.91 Å². The fourth-order valence-electron chi connectivity index (χ4n) is 3.58. The summed E-state index contributed by atoms with van der Waals surface area (Å²) in [6.45, 7) is 1.54. The predicted molar refractivity (Wildman–Crippen MR) is 95.4 cm³/mol. The van der Waals surface area contributed by atoms with Gasteiger partial charge in [-0.2, -0.15) is 0 Å². The number of hydrogen-bond acceptors (Lipinski definition) is 4. The maximum atomic E-state index is 12.8. The van der Waals surface area contributed by atoms with Crippen LogP contribution in [-0.4, -0.2) is 43.7 Å². The molecule has 24 heavy (non-hydrogen) atoms. The molecule has 0 radical (unpaired) electrons. The Labute approximate surface area is 149 Å². The molecule has 1 atom stereocenters. The molecule has 134 valence electrons. The molecular weight excluding hydrogens is 328 g/mol. The monoisotopic (exact) mass is 354 g/mol. The lowest BCUT2D eigenvalue weighted by Crippen LogP contribution is -2.46. The number of hydrogen-bond donors (Lipinski definition) is 1. The first kappa shape index (κ1) is 19.0. The van der Waals surface area contributed by atoms with Gasteiger partial charge in [0.2, 0.25) is 0 Å². The summed E-state index contributed by atoms with van der Waals surface area (Å²) in [5.74, 6) is 1.32. The molecule has 1 aromatic rings. The van der Waals surface area contributed by atoms with E-state index in [1.165, 1.54) is 0 Å². The van der Waals surface area contributed by atoms with Crippen molar-refractivity contribution >= 4 is 18.3 Å². The molecule has 1 aliphatic heterocycles. The van der Waals surface area contributed by atoms with E-state index < -0.39 is 6.10 Å². The van der Waals surface area contributed by atoms with Crippen LogP contribution in [0.1, 0.15) is 37.4 Å². The van der Waals surface area contributed by atoms with Crippen molar-refractivity contribution in [2.75, 3.05) is 27.3 Å². The van der Waals surface area contributed by atoms with Crippen molar-refractivity contribution in [1.82, 2.24) is 4.90 Å². The van der Waals surface area contributed by atoms with Crippen molar-refractivity contribution in [2.24, 2.45) is 11.7 Å². The van der Waals surface area contributed by atoms with E-state index in [0.717, 1.165) is 50.1 Å². The first-order valence-corrected chi connectivity index (χ1v) is 8.32. The van der Waals surface area contributed by atoms with Crippen LogP contribution in [0.3, 0.4) is 0 Å². The van der Waals surface area contributed by atoms with Crippen molar-refractivity contribution in [3.05, 3.63) is 29.8 Å². The average molecular weight is 355 g/mol. The largest absolute Gasteiger partial charge is 0.497 e. The summed E-state index contributed by atoms with van der Waals surface area (Å²) in [6, 6.07) is 7.51. The van der Waals surface area contributed by atoms with E-state index in [1.807, 2.05) is 29.2 Å². The summed E-state index contributed by atoms with van der Waals surface area (Å²) >= 11 is 0. The number of ether oxygens (including phenoxy) is 2. The van der Waals surface area contributed by atoms with Crippen LogP contribution in [-0.2, 0) is 9.53 Å². The maximum Gasteiger partial charge on any atom is 0.256 e. The molecule has 5 nitrogen and oxygen atoms in total. The Bertz CT molecular complexity index is 569. The highest BCUT2D eigenvalue weighted by molar-refractivity contribution is 5.85. The Hall–Kier alpha value is -1.30. The lowest BCUT2D eigenvalue weighted by atomic mass is 9.87. The molecule has 1 heterocycles. The van der Waals surface area contributed by atoms with Gasteiger partial charge < -0.3 is 20.1 Å². The second-order valence-corrected chi connectivity index (χ2v) is 6.73. The van der Waals surface area contributed by atoms with E-state index in [0.29, 0.717) is 5.92 Å². The number of rotatable bonds is 5. The quantitative estimate of drug-likeness (QED) is 0.882. The Morgan fingerprint density at radius 3 is 2.50 bits per heavy atom. The SMILES string of the molecule is COc1cccc(C(OC)C(=O)N2CCC(C3(N)CC3)CC2)c1.Cl. The topological polar surface area (TPSA) is 64.8 Å². The third-order valence-electron chi connectivity index (χ3n) is 5.30. The molecule has 1 unspecified atom stereocenters. The molecule has 1 aliphatic carbocycles. The van der Waals surface area contributed by atoms with Gasteiger partial charge in [-0.25, -0.2) is 0 Å². The zero-order chi connectivity index (χ0) is 16.4. The first-order chi connectivity index (χ1) is 11.1. The van der Waals surface area contributed by atoms with Crippen molar-refractivity contribution in [3.8, 4) is 5.75 Å². The number of carbonyl (C=O) groups excluding carboxylic acids is 1. The molecule has 6 heteroatoms. The summed E-state index contributed by atoms with van der Waals surface area (Å²) in [5.41, 5.74) is 7.20. The van der Waals surface area contributed by atoms with E-state index in [4.69, 9.17) is 15.2 Å². The molecule has 1 aromatic carbocycles. The lowest BCUT2D eigenvalue weighted by Gasteiger charge is -2.36. The van der Waals surface area contributed by atoms with Crippen LogP contribution in [0.25, 0.3) is 0 Å². The summed E-state index contributed by atoms with van der Waals surface area (Å²) in [6.07, 6.45) is 3.69. The third-order valence-corrected chi connectivity index (χ3v) is 5.30. The van der Waals surface area contributed by atoms with Crippen LogP contribution in [0.15, 0.2) is 24.3 Å². The van der Waals surface area contributed by atoms with Gasteiger partial charge in [0, 0.05) is 25.7 Å². The van der Waals surface area contributed by atoms with Gasteiger partial charge in [-0.05, 0) is 49.3 Å². The molecule has 0 aromatic heterocycles. The number of methoxy groups -OCH3 is 2. The number of carbonyl (C=O) groups is 1. The molecule has 0 bridgehead atoms. The molecular formula is C18H27ClN2O3. The fourth-order valence-corrected chi connectivity index (χ4v) is 3.58. The molecule has 1 amide bonds. The molecule has 1 saturated carbocycles. The van der Waals surface area contributed by atoms with Gasteiger partial charge in [0.1, 0.15) is 5.75 Å². The van der Waals surface area contributed by atoms with Gasteiger partial charge in [-0.15, -0.1) is 12.4 Å². The number of nitrogens with zero attached hydrogens (tertiary/aromatic N) is 1. The van der Waals surface area contributed by atoms with Gasteiger partial charge in [0.05, 0.1) is 7.11 Å². The van der Waals surface area contributed by atoms with Crippen LogP contribution in [0.4, 0.5) is 0 Å². The van der Waals surface area contributed by atoms with Gasteiger partial charge >= 0.3 is 0 Å². The number of benzene rings is 1. The lowest BCUT2D eigenvalue weighted by molar-refractivity contribution is -0.144. The molecule has 2 aliphatic rings. The first-order valence-electron chi connectivity index (χ1n) is 8.32. The highest BCUT2D eigenvalue weighted by Crippen LogP contribution is 2.44. The summed E-state index contributed by atoms with van der Waals surface area (Å²) in [7, 11) is 3.20. The second-order valence-electron chi connectivity index (χ2n) is 6.73. The molecule has 3 rings (SSSR count). The average Bonchev–Trinajstić information content (AvgIpc) is 3.35. The van der Waals surface area contributed by atoms with Gasteiger partial charge in [-0.3, -0.25) is 4.79 Å². The zero-order valence-corrected chi connectivity index (χ0v) is 15.2. The van der Waals surface area contributed by atoms with Crippen LogP contribution >= 0.6 is 12.4 Å². The highest BCUT2D eigenvalue weighted by atomic mass is 35.5. The summed E-state index contributed by atoms with van der Waals surface area (Å²) in [5, 5.41) is 0. The Kier molecular flexibility index (Phi) is 6.12. The van der Waals surface area contributed by atoms with Gasteiger partial charge in [0.15, 0.2) is 6.10 Å². The second kappa shape index (κ2) is 7.72. The van der Waals surface area contributed by atoms with E-state index in [-0.39, 0.29) is 23.9 Å². The maximum absolute atomic E-state index is 12.8. The standard InChI is InChI=1S/C18H26N2O3.ClH/c1-22-15-5-3-4-13(12-15)16(23-2)17(21)20-10-6-14(7-11-20)18(19)8-9-18;/h3-5,12,14,16H,6-11,19H2,1-2H3;1H. The number of nitrogens with two attached hydrogens (primary N) is 1. The van der Waals surface area contributed by atoms with Crippen molar-refractivity contribution in [1.29, 1.82) is 0 Å². The van der Waals surface area contributed by atoms with Crippen LogP contribution in [0, 0.1) is 5.92 Å². The fraction of sp³-hybridized carbons (Fsp3) is 0.611. The van der Waals surface area contributed by atoms with Crippen LogP contribution in [0.2, 0.25) is 0 Å². The Morgan fingerprint density at radius 2 is 1.96 bits per heavy atom. The minimum absolute atomic E-state index is 0. The van der Waals surface area contributed by atoms with Crippen molar-refractivity contribution in [2.45, 2.75) is 37.3 Å². The Morgan fingerprint density at radius 1 is 1.29 bits per heavy atom.